The van der Waals surface area contributed by atoms with E-state index >= 15 is 0 Å². The minimum atomic E-state index is -0.00724. The highest BCUT2D eigenvalue weighted by atomic mass is 16.5. The molecule has 1 amide bonds. The summed E-state index contributed by atoms with van der Waals surface area (Å²) in [6.45, 7) is 4.35. The number of nitrogens with zero attached hydrogens (tertiary/aromatic N) is 3. The first-order chi connectivity index (χ1) is 11.0. The van der Waals surface area contributed by atoms with E-state index in [1.54, 1.807) is 11.9 Å². The molecule has 120 valence electrons. The van der Waals surface area contributed by atoms with Crippen LogP contribution in [0.2, 0.25) is 0 Å². The van der Waals surface area contributed by atoms with Crippen molar-refractivity contribution >= 4 is 16.8 Å². The Labute approximate surface area is 134 Å². The van der Waals surface area contributed by atoms with Crippen LogP contribution in [0.25, 0.3) is 22.5 Å². The predicted octanol–water partition coefficient (Wildman–Crippen LogP) is 2.87. The molecule has 2 heterocycles. The summed E-state index contributed by atoms with van der Waals surface area (Å²) in [4.78, 5) is 21.2. The first kappa shape index (κ1) is 15.3. The summed E-state index contributed by atoms with van der Waals surface area (Å²) in [6.07, 6.45) is 0.568. The van der Waals surface area contributed by atoms with Gasteiger partial charge in [0, 0.05) is 36.8 Å². The Balaban J connectivity index is 1.69. The van der Waals surface area contributed by atoms with E-state index in [9.17, 15) is 4.79 Å². The van der Waals surface area contributed by atoms with Gasteiger partial charge in [-0.3, -0.25) is 4.79 Å². The summed E-state index contributed by atoms with van der Waals surface area (Å²) < 4.78 is 5.32. The smallest absolute Gasteiger partial charge is 0.274 e. The Hall–Kier alpha value is -2.63. The molecule has 23 heavy (non-hydrogen) atoms. The van der Waals surface area contributed by atoms with Crippen molar-refractivity contribution in [2.45, 2.75) is 20.3 Å². The second kappa shape index (κ2) is 6.24. The van der Waals surface area contributed by atoms with Gasteiger partial charge in [0.1, 0.15) is 5.69 Å². The van der Waals surface area contributed by atoms with Crippen LogP contribution in [0.5, 0.6) is 0 Å². The minimum absolute atomic E-state index is 0.00724. The van der Waals surface area contributed by atoms with E-state index < -0.39 is 0 Å². The maximum absolute atomic E-state index is 11.8. The van der Waals surface area contributed by atoms with Gasteiger partial charge in [0.15, 0.2) is 5.82 Å². The van der Waals surface area contributed by atoms with Gasteiger partial charge in [-0.05, 0) is 12.1 Å². The largest absolute Gasteiger partial charge is 0.351 e. The molecule has 0 bridgehead atoms. The molecule has 0 radical (unpaired) electrons. The average molecular weight is 312 g/mol. The zero-order valence-corrected chi connectivity index (χ0v) is 13.5. The van der Waals surface area contributed by atoms with Crippen molar-refractivity contribution in [2.24, 2.45) is 5.92 Å². The molecule has 3 rings (SSSR count). The molecule has 0 aliphatic heterocycles. The van der Waals surface area contributed by atoms with Crippen LogP contribution in [0.15, 0.2) is 34.9 Å². The summed E-state index contributed by atoms with van der Waals surface area (Å²) in [5, 5.41) is 5.10. The third-order valence-corrected chi connectivity index (χ3v) is 3.77. The van der Waals surface area contributed by atoms with Crippen LogP contribution in [-0.2, 0) is 11.2 Å². The monoisotopic (exact) mass is 312 g/mol. The maximum Gasteiger partial charge on any atom is 0.274 e. The lowest BCUT2D eigenvalue weighted by Gasteiger charge is -2.18. The van der Waals surface area contributed by atoms with E-state index in [0.717, 1.165) is 16.6 Å². The first-order valence-electron chi connectivity index (χ1n) is 7.70. The van der Waals surface area contributed by atoms with Crippen LogP contribution in [0.4, 0.5) is 0 Å². The number of benzene rings is 1. The van der Waals surface area contributed by atoms with Crippen LogP contribution < -0.4 is 0 Å². The highest BCUT2D eigenvalue weighted by Crippen LogP contribution is 2.22. The molecule has 0 saturated carbocycles. The fourth-order valence-corrected chi connectivity index (χ4v) is 2.47. The third kappa shape index (κ3) is 3.26. The molecule has 1 aromatic carbocycles. The van der Waals surface area contributed by atoms with Crippen molar-refractivity contribution in [3.05, 3.63) is 36.2 Å². The van der Waals surface area contributed by atoms with Gasteiger partial charge in [0.2, 0.25) is 5.91 Å². The Morgan fingerprint density at radius 3 is 2.87 bits per heavy atom. The molecule has 2 aromatic heterocycles. The highest BCUT2D eigenvalue weighted by Gasteiger charge is 2.15. The van der Waals surface area contributed by atoms with Crippen LogP contribution in [0, 0.1) is 5.92 Å². The molecule has 0 aliphatic carbocycles. The molecule has 0 fully saturated rings. The lowest BCUT2D eigenvalue weighted by Crippen LogP contribution is -2.32. The SMILES string of the molecule is CC(C)C(=O)N(C)CCc1noc(-c2cc3ccccc3[nH]2)n1. The Morgan fingerprint density at radius 2 is 2.13 bits per heavy atom. The van der Waals surface area contributed by atoms with E-state index in [1.165, 1.54) is 0 Å². The van der Waals surface area contributed by atoms with Gasteiger partial charge < -0.3 is 14.4 Å². The molecule has 6 heteroatoms. The van der Waals surface area contributed by atoms with Gasteiger partial charge in [-0.1, -0.05) is 37.2 Å². The zero-order valence-electron chi connectivity index (χ0n) is 13.5. The zero-order chi connectivity index (χ0) is 16.4. The standard InChI is InChI=1S/C17H20N4O2/c1-11(2)17(22)21(3)9-8-15-19-16(23-20-15)14-10-12-6-4-5-7-13(12)18-14/h4-7,10-11,18H,8-9H2,1-3H3. The summed E-state index contributed by atoms with van der Waals surface area (Å²) in [7, 11) is 1.79. The minimum Gasteiger partial charge on any atom is -0.351 e. The number of carbonyl (C=O) groups excluding carboxylic acids is 1. The normalized spacial score (nSPS) is 11.3. The van der Waals surface area contributed by atoms with Crippen LogP contribution in [0.1, 0.15) is 19.7 Å². The second-order valence-corrected chi connectivity index (χ2v) is 5.95. The number of aromatic nitrogens is 3. The van der Waals surface area contributed by atoms with Gasteiger partial charge in [-0.2, -0.15) is 4.98 Å². The number of H-pyrrole nitrogens is 1. The highest BCUT2D eigenvalue weighted by molar-refractivity contribution is 5.84. The van der Waals surface area contributed by atoms with E-state index in [0.29, 0.717) is 24.7 Å². The van der Waals surface area contributed by atoms with Crippen LogP contribution >= 0.6 is 0 Å². The van der Waals surface area contributed by atoms with Crippen LogP contribution in [-0.4, -0.2) is 39.5 Å². The Morgan fingerprint density at radius 1 is 1.35 bits per heavy atom. The molecule has 0 unspecified atom stereocenters. The van der Waals surface area contributed by atoms with E-state index in [2.05, 4.69) is 15.1 Å². The van der Waals surface area contributed by atoms with Gasteiger partial charge in [0.05, 0.1) is 0 Å². The molecular weight excluding hydrogens is 292 g/mol. The predicted molar refractivity (Wildman–Crippen MR) is 87.8 cm³/mol. The number of rotatable bonds is 5. The number of hydrogen-bond acceptors (Lipinski definition) is 4. The number of fused-ring (bicyclic) bond motifs is 1. The topological polar surface area (TPSA) is 75.0 Å². The van der Waals surface area contributed by atoms with Crippen molar-refractivity contribution in [2.75, 3.05) is 13.6 Å². The first-order valence-corrected chi connectivity index (χ1v) is 7.70. The van der Waals surface area contributed by atoms with Gasteiger partial charge in [-0.15, -0.1) is 0 Å². The molecule has 0 aliphatic rings. The second-order valence-electron chi connectivity index (χ2n) is 5.95. The molecule has 1 N–H and O–H groups in total. The summed E-state index contributed by atoms with van der Waals surface area (Å²) >= 11 is 0. The van der Waals surface area contributed by atoms with Gasteiger partial charge in [-0.25, -0.2) is 0 Å². The summed E-state index contributed by atoms with van der Waals surface area (Å²) in [6, 6.07) is 9.98. The average Bonchev–Trinajstić information content (AvgIpc) is 3.17. The number of nitrogens with one attached hydrogen (secondary N) is 1. The number of aromatic amines is 1. The van der Waals surface area contributed by atoms with Crippen molar-refractivity contribution in [1.82, 2.24) is 20.0 Å². The van der Waals surface area contributed by atoms with Gasteiger partial charge >= 0.3 is 0 Å². The Bertz CT molecular complexity index is 786. The molecular formula is C17H20N4O2. The molecule has 0 spiro atoms. The van der Waals surface area contributed by atoms with Crippen molar-refractivity contribution in [3.8, 4) is 11.6 Å². The summed E-state index contributed by atoms with van der Waals surface area (Å²) in [5.74, 6) is 1.17. The van der Waals surface area contributed by atoms with E-state index in [-0.39, 0.29) is 11.8 Å². The number of amides is 1. The number of hydrogen-bond donors (Lipinski definition) is 1. The third-order valence-electron chi connectivity index (χ3n) is 3.77. The van der Waals surface area contributed by atoms with Crippen molar-refractivity contribution in [1.29, 1.82) is 0 Å². The van der Waals surface area contributed by atoms with E-state index in [4.69, 9.17) is 4.52 Å². The number of para-hydroxylation sites is 1. The maximum atomic E-state index is 11.8. The summed E-state index contributed by atoms with van der Waals surface area (Å²) in [5.41, 5.74) is 1.83. The lowest BCUT2D eigenvalue weighted by atomic mass is 10.2. The fourth-order valence-electron chi connectivity index (χ4n) is 2.47. The van der Waals surface area contributed by atoms with Gasteiger partial charge in [0.25, 0.3) is 5.89 Å². The fraction of sp³-hybridized carbons (Fsp3) is 0.353. The molecule has 6 nitrogen and oxygen atoms in total. The van der Waals surface area contributed by atoms with Crippen molar-refractivity contribution in [3.63, 3.8) is 0 Å². The molecule has 0 atom stereocenters. The molecule has 3 aromatic rings. The quantitative estimate of drug-likeness (QED) is 0.786. The number of likely N-dealkylation sites (N-methyl/N-ethyl adjacent to an activating group) is 1. The lowest BCUT2D eigenvalue weighted by molar-refractivity contribution is -0.133. The molecule has 0 saturated heterocycles. The number of carbonyl (C=O) groups is 1. The Kier molecular flexibility index (Phi) is 4.14. The van der Waals surface area contributed by atoms with Crippen molar-refractivity contribution < 1.29 is 9.32 Å². The van der Waals surface area contributed by atoms with E-state index in [1.807, 2.05) is 44.2 Å². The van der Waals surface area contributed by atoms with Crippen LogP contribution in [0.3, 0.4) is 0 Å².